The Balaban J connectivity index is 1.98. The van der Waals surface area contributed by atoms with Gasteiger partial charge in [-0.05, 0) is 5.56 Å². The van der Waals surface area contributed by atoms with Crippen LogP contribution in [0.15, 0.2) is 36.4 Å². The van der Waals surface area contributed by atoms with Gasteiger partial charge in [0.2, 0.25) is 0 Å². The molecule has 3 N–H and O–H groups in total. The Kier molecular flexibility index (Phi) is 3.09. The van der Waals surface area contributed by atoms with Crippen molar-refractivity contribution in [2.75, 3.05) is 5.73 Å². The van der Waals surface area contributed by atoms with Crippen LogP contribution in [0.4, 0.5) is 5.82 Å². The Morgan fingerprint density at radius 2 is 2.12 bits per heavy atom. The summed E-state index contributed by atoms with van der Waals surface area (Å²) in [4.78, 5) is 11.7. The number of benzene rings is 1. The summed E-state index contributed by atoms with van der Waals surface area (Å²) in [5, 5.41) is 6.79. The third kappa shape index (κ3) is 2.63. The highest BCUT2D eigenvalue weighted by atomic mass is 16.1. The van der Waals surface area contributed by atoms with E-state index in [-0.39, 0.29) is 5.91 Å². The standard InChI is InChI=1S/C12H14N4O/c1-16-11(13)7-10(15-16)12(17)14-8-9-5-3-2-4-6-9/h2-7H,8,13H2,1H3,(H,14,17). The van der Waals surface area contributed by atoms with Crippen molar-refractivity contribution in [3.05, 3.63) is 47.7 Å². The summed E-state index contributed by atoms with van der Waals surface area (Å²) in [6.45, 7) is 0.482. The van der Waals surface area contributed by atoms with E-state index in [4.69, 9.17) is 5.73 Å². The number of carbonyl (C=O) groups is 1. The van der Waals surface area contributed by atoms with Gasteiger partial charge in [-0.1, -0.05) is 30.3 Å². The Morgan fingerprint density at radius 1 is 1.41 bits per heavy atom. The monoisotopic (exact) mass is 230 g/mol. The highest BCUT2D eigenvalue weighted by Gasteiger charge is 2.10. The summed E-state index contributed by atoms with van der Waals surface area (Å²) in [6, 6.07) is 11.3. The van der Waals surface area contributed by atoms with E-state index in [0.29, 0.717) is 18.1 Å². The molecule has 0 atom stereocenters. The van der Waals surface area contributed by atoms with E-state index in [1.807, 2.05) is 30.3 Å². The number of aryl methyl sites for hydroxylation is 1. The molecule has 0 radical (unpaired) electrons. The summed E-state index contributed by atoms with van der Waals surface area (Å²) >= 11 is 0. The van der Waals surface area contributed by atoms with Crippen molar-refractivity contribution in [3.63, 3.8) is 0 Å². The topological polar surface area (TPSA) is 72.9 Å². The van der Waals surface area contributed by atoms with Gasteiger partial charge in [0.15, 0.2) is 5.69 Å². The smallest absolute Gasteiger partial charge is 0.272 e. The summed E-state index contributed by atoms with van der Waals surface area (Å²) in [5.74, 6) is 0.246. The van der Waals surface area contributed by atoms with E-state index in [0.717, 1.165) is 5.56 Å². The van der Waals surface area contributed by atoms with Crippen LogP contribution in [-0.4, -0.2) is 15.7 Å². The molecule has 2 rings (SSSR count). The van der Waals surface area contributed by atoms with Crippen LogP contribution in [0.5, 0.6) is 0 Å². The molecule has 0 saturated carbocycles. The first-order chi connectivity index (χ1) is 8.16. The largest absolute Gasteiger partial charge is 0.384 e. The van der Waals surface area contributed by atoms with Crippen LogP contribution in [0, 0.1) is 0 Å². The molecular weight excluding hydrogens is 216 g/mol. The van der Waals surface area contributed by atoms with Crippen molar-refractivity contribution in [3.8, 4) is 0 Å². The zero-order valence-corrected chi connectivity index (χ0v) is 9.55. The molecule has 0 saturated heterocycles. The maximum atomic E-state index is 11.7. The van der Waals surface area contributed by atoms with E-state index < -0.39 is 0 Å². The Hall–Kier alpha value is -2.30. The van der Waals surface area contributed by atoms with Crippen LogP contribution in [0.25, 0.3) is 0 Å². The summed E-state index contributed by atoms with van der Waals surface area (Å²) < 4.78 is 1.47. The van der Waals surface area contributed by atoms with Crippen LogP contribution in [0.1, 0.15) is 16.1 Å². The second kappa shape index (κ2) is 4.69. The molecule has 5 nitrogen and oxygen atoms in total. The van der Waals surface area contributed by atoms with Crippen LogP contribution in [-0.2, 0) is 13.6 Å². The number of anilines is 1. The maximum absolute atomic E-state index is 11.7. The van der Waals surface area contributed by atoms with Crippen molar-refractivity contribution in [1.82, 2.24) is 15.1 Å². The van der Waals surface area contributed by atoms with Gasteiger partial charge in [-0.25, -0.2) is 0 Å². The number of nitrogens with zero attached hydrogens (tertiary/aromatic N) is 2. The van der Waals surface area contributed by atoms with E-state index in [1.165, 1.54) is 4.68 Å². The highest BCUT2D eigenvalue weighted by Crippen LogP contribution is 2.04. The Morgan fingerprint density at radius 3 is 2.71 bits per heavy atom. The molecule has 5 heteroatoms. The number of rotatable bonds is 3. The zero-order chi connectivity index (χ0) is 12.3. The van der Waals surface area contributed by atoms with Crippen LogP contribution < -0.4 is 11.1 Å². The molecule has 0 fully saturated rings. The van der Waals surface area contributed by atoms with Gasteiger partial charge in [0.1, 0.15) is 5.82 Å². The first-order valence-electron chi connectivity index (χ1n) is 5.28. The molecule has 1 aromatic carbocycles. The van der Waals surface area contributed by atoms with Gasteiger partial charge in [0, 0.05) is 19.7 Å². The van der Waals surface area contributed by atoms with Crippen molar-refractivity contribution >= 4 is 11.7 Å². The lowest BCUT2D eigenvalue weighted by Crippen LogP contribution is -2.23. The van der Waals surface area contributed by atoms with E-state index in [1.54, 1.807) is 13.1 Å². The molecule has 0 spiro atoms. The molecule has 0 bridgehead atoms. The van der Waals surface area contributed by atoms with Gasteiger partial charge in [-0.15, -0.1) is 0 Å². The molecule has 88 valence electrons. The SMILES string of the molecule is Cn1nc(C(=O)NCc2ccccc2)cc1N. The van der Waals surface area contributed by atoms with Gasteiger partial charge < -0.3 is 11.1 Å². The zero-order valence-electron chi connectivity index (χ0n) is 9.55. The Bertz CT molecular complexity index is 499. The van der Waals surface area contributed by atoms with E-state index in [2.05, 4.69) is 10.4 Å². The first kappa shape index (κ1) is 11.2. The second-order valence-corrected chi connectivity index (χ2v) is 3.75. The second-order valence-electron chi connectivity index (χ2n) is 3.75. The molecule has 17 heavy (non-hydrogen) atoms. The van der Waals surface area contributed by atoms with Gasteiger partial charge in [0.05, 0.1) is 0 Å². The molecular formula is C12H14N4O. The minimum absolute atomic E-state index is 0.221. The number of nitrogens with two attached hydrogens (primary N) is 1. The number of amides is 1. The van der Waals surface area contributed by atoms with Crippen LogP contribution in [0.2, 0.25) is 0 Å². The number of hydrogen-bond donors (Lipinski definition) is 2. The number of nitrogens with one attached hydrogen (secondary N) is 1. The van der Waals surface area contributed by atoms with Crippen molar-refractivity contribution in [1.29, 1.82) is 0 Å². The molecule has 1 heterocycles. The first-order valence-corrected chi connectivity index (χ1v) is 5.28. The number of hydrogen-bond acceptors (Lipinski definition) is 3. The quantitative estimate of drug-likeness (QED) is 0.824. The van der Waals surface area contributed by atoms with Crippen LogP contribution >= 0.6 is 0 Å². The fraction of sp³-hybridized carbons (Fsp3) is 0.167. The lowest BCUT2D eigenvalue weighted by molar-refractivity contribution is 0.0945. The lowest BCUT2D eigenvalue weighted by Gasteiger charge is -2.02. The van der Waals surface area contributed by atoms with E-state index >= 15 is 0 Å². The van der Waals surface area contributed by atoms with Crippen molar-refractivity contribution in [2.24, 2.45) is 7.05 Å². The highest BCUT2D eigenvalue weighted by molar-refractivity contribution is 5.92. The number of nitrogen functional groups attached to an aromatic ring is 1. The number of carbonyl (C=O) groups excluding carboxylic acids is 1. The van der Waals surface area contributed by atoms with Gasteiger partial charge >= 0.3 is 0 Å². The minimum atomic E-state index is -0.221. The van der Waals surface area contributed by atoms with Gasteiger partial charge in [-0.3, -0.25) is 9.48 Å². The molecule has 2 aromatic rings. The molecule has 0 aliphatic heterocycles. The van der Waals surface area contributed by atoms with Gasteiger partial charge in [-0.2, -0.15) is 5.10 Å². The van der Waals surface area contributed by atoms with Gasteiger partial charge in [0.25, 0.3) is 5.91 Å². The molecule has 1 aromatic heterocycles. The average Bonchev–Trinajstić information content (AvgIpc) is 2.68. The fourth-order valence-electron chi connectivity index (χ4n) is 1.46. The van der Waals surface area contributed by atoms with E-state index in [9.17, 15) is 4.79 Å². The normalized spacial score (nSPS) is 10.2. The van der Waals surface area contributed by atoms with Crippen LogP contribution in [0.3, 0.4) is 0 Å². The third-order valence-electron chi connectivity index (χ3n) is 2.44. The van der Waals surface area contributed by atoms with Crippen molar-refractivity contribution < 1.29 is 4.79 Å². The predicted molar refractivity (Wildman–Crippen MR) is 65.2 cm³/mol. The maximum Gasteiger partial charge on any atom is 0.272 e. The third-order valence-corrected chi connectivity index (χ3v) is 2.44. The molecule has 1 amide bonds. The summed E-state index contributed by atoms with van der Waals surface area (Å²) in [6.07, 6.45) is 0. The fourth-order valence-corrected chi connectivity index (χ4v) is 1.46. The number of aromatic nitrogens is 2. The Labute approximate surface area is 99.2 Å². The lowest BCUT2D eigenvalue weighted by atomic mass is 10.2. The minimum Gasteiger partial charge on any atom is -0.384 e. The molecule has 0 unspecified atom stereocenters. The molecule has 0 aliphatic rings. The average molecular weight is 230 g/mol. The summed E-state index contributed by atoms with van der Waals surface area (Å²) in [5.41, 5.74) is 6.99. The predicted octanol–water partition coefficient (Wildman–Crippen LogP) is 0.932. The molecule has 0 aliphatic carbocycles. The van der Waals surface area contributed by atoms with Crippen molar-refractivity contribution in [2.45, 2.75) is 6.54 Å². The summed E-state index contributed by atoms with van der Waals surface area (Å²) in [7, 11) is 1.70.